The van der Waals surface area contributed by atoms with E-state index in [0.717, 1.165) is 73.4 Å². The summed E-state index contributed by atoms with van der Waals surface area (Å²) in [5.74, 6) is 1.38. The molecular formula is C33H35Cl2N7O2. The molecule has 7 rings (SSSR count). The molecule has 3 aromatic heterocycles. The Morgan fingerprint density at radius 1 is 1.07 bits per heavy atom. The van der Waals surface area contributed by atoms with E-state index in [4.69, 9.17) is 42.8 Å². The van der Waals surface area contributed by atoms with Gasteiger partial charge < -0.3 is 14.4 Å². The van der Waals surface area contributed by atoms with Gasteiger partial charge in [0.2, 0.25) is 0 Å². The van der Waals surface area contributed by atoms with E-state index in [1.165, 1.54) is 12.8 Å². The summed E-state index contributed by atoms with van der Waals surface area (Å²) in [6.07, 6.45) is 9.92. The van der Waals surface area contributed by atoms with E-state index < -0.39 is 6.10 Å². The number of nitrogens with zero attached hydrogens (tertiary/aromatic N) is 7. The molecule has 0 N–H and O–H groups in total. The molecule has 44 heavy (non-hydrogen) atoms. The Balaban J connectivity index is 1.23. The fourth-order valence-electron chi connectivity index (χ4n) is 6.92. The summed E-state index contributed by atoms with van der Waals surface area (Å²) in [5, 5.41) is 17.1. The Morgan fingerprint density at radius 3 is 2.55 bits per heavy atom. The van der Waals surface area contributed by atoms with Gasteiger partial charge in [-0.1, -0.05) is 23.2 Å². The molecule has 1 unspecified atom stereocenters. The van der Waals surface area contributed by atoms with E-state index in [-0.39, 0.29) is 11.8 Å². The van der Waals surface area contributed by atoms with Gasteiger partial charge in [0.05, 0.1) is 26.7 Å². The van der Waals surface area contributed by atoms with Crippen LogP contribution < -0.4 is 9.64 Å². The van der Waals surface area contributed by atoms with Crippen molar-refractivity contribution >= 4 is 39.9 Å². The molecule has 9 nitrogen and oxygen atoms in total. The average Bonchev–Trinajstić information content (AvgIpc) is 3.69. The Bertz CT molecular complexity index is 1710. The number of fused-ring (bicyclic) bond motifs is 1. The number of hydrogen-bond donors (Lipinski definition) is 0. The zero-order valence-corrected chi connectivity index (χ0v) is 26.5. The fraction of sp³-hybridized carbons (Fsp3) is 0.455. The summed E-state index contributed by atoms with van der Waals surface area (Å²) in [6, 6.07) is 10.2. The third kappa shape index (κ3) is 5.28. The molecule has 2 atom stereocenters. The second-order valence-electron chi connectivity index (χ2n) is 12.3. The molecule has 4 aromatic rings. The predicted octanol–water partition coefficient (Wildman–Crippen LogP) is 7.19. The molecule has 3 aliphatic heterocycles. The highest BCUT2D eigenvalue weighted by Gasteiger charge is 2.45. The first-order valence-corrected chi connectivity index (χ1v) is 16.1. The SMILES string of the molecule is C[C@@H](Oc1ccc2c(c1)c(-c1cnc(N3CC(C)(N4CCCC4)C3)c(C#N)c1)nn2C1CCCCO1)c1c(Cl)cncc1Cl. The maximum atomic E-state index is 10.2. The first kappa shape index (κ1) is 29.3. The van der Waals surface area contributed by atoms with Crippen molar-refractivity contribution < 1.29 is 9.47 Å². The lowest BCUT2D eigenvalue weighted by molar-refractivity contribution is -0.0365. The Hall–Kier alpha value is -3.42. The summed E-state index contributed by atoms with van der Waals surface area (Å²) in [6.45, 7) is 8.96. The van der Waals surface area contributed by atoms with Crippen molar-refractivity contribution in [2.45, 2.75) is 63.8 Å². The van der Waals surface area contributed by atoms with Crippen molar-refractivity contribution in [2.24, 2.45) is 0 Å². The number of likely N-dealkylation sites (tertiary alicyclic amines) is 1. The highest BCUT2D eigenvalue weighted by atomic mass is 35.5. The number of pyridine rings is 2. The third-order valence-corrected chi connectivity index (χ3v) is 9.81. The number of anilines is 1. The van der Waals surface area contributed by atoms with Gasteiger partial charge in [-0.25, -0.2) is 9.67 Å². The molecule has 228 valence electrons. The van der Waals surface area contributed by atoms with Crippen LogP contribution in [-0.4, -0.2) is 63.0 Å². The second-order valence-corrected chi connectivity index (χ2v) is 13.1. The van der Waals surface area contributed by atoms with Crippen LogP contribution in [0.5, 0.6) is 5.75 Å². The summed E-state index contributed by atoms with van der Waals surface area (Å²) in [4.78, 5) is 13.7. The molecule has 0 aliphatic carbocycles. The summed E-state index contributed by atoms with van der Waals surface area (Å²) < 4.78 is 14.4. The van der Waals surface area contributed by atoms with Crippen LogP contribution in [0.1, 0.15) is 69.4 Å². The Kier molecular flexibility index (Phi) is 7.87. The van der Waals surface area contributed by atoms with E-state index in [1.807, 2.05) is 42.1 Å². The lowest BCUT2D eigenvalue weighted by Gasteiger charge is -2.53. The van der Waals surface area contributed by atoms with E-state index in [0.29, 0.717) is 33.5 Å². The van der Waals surface area contributed by atoms with Crippen LogP contribution in [0, 0.1) is 11.3 Å². The molecule has 6 heterocycles. The lowest BCUT2D eigenvalue weighted by atomic mass is 9.89. The number of rotatable bonds is 7. The van der Waals surface area contributed by atoms with Crippen LogP contribution >= 0.6 is 23.2 Å². The van der Waals surface area contributed by atoms with Gasteiger partial charge in [-0.05, 0) is 83.3 Å². The van der Waals surface area contributed by atoms with Crippen molar-refractivity contribution in [1.82, 2.24) is 24.6 Å². The largest absolute Gasteiger partial charge is 0.486 e. The zero-order chi connectivity index (χ0) is 30.4. The van der Waals surface area contributed by atoms with Gasteiger partial charge in [0, 0.05) is 54.8 Å². The lowest BCUT2D eigenvalue weighted by Crippen LogP contribution is -2.68. The smallest absolute Gasteiger partial charge is 0.150 e. The van der Waals surface area contributed by atoms with Crippen LogP contribution in [-0.2, 0) is 4.74 Å². The van der Waals surface area contributed by atoms with Gasteiger partial charge in [-0.15, -0.1) is 0 Å². The number of benzene rings is 1. The first-order valence-electron chi connectivity index (χ1n) is 15.3. The van der Waals surface area contributed by atoms with E-state index in [2.05, 4.69) is 27.8 Å². The Morgan fingerprint density at radius 2 is 1.84 bits per heavy atom. The molecule has 11 heteroatoms. The van der Waals surface area contributed by atoms with Crippen LogP contribution in [0.3, 0.4) is 0 Å². The molecule has 0 radical (unpaired) electrons. The maximum absolute atomic E-state index is 10.2. The quantitative estimate of drug-likeness (QED) is 0.212. The van der Waals surface area contributed by atoms with Crippen molar-refractivity contribution in [1.29, 1.82) is 5.26 Å². The van der Waals surface area contributed by atoms with Crippen LogP contribution in [0.4, 0.5) is 5.82 Å². The number of aromatic nitrogens is 4. The summed E-state index contributed by atoms with van der Waals surface area (Å²) >= 11 is 12.8. The van der Waals surface area contributed by atoms with Gasteiger partial charge >= 0.3 is 0 Å². The monoisotopic (exact) mass is 631 g/mol. The normalized spacial score (nSPS) is 20.8. The first-order chi connectivity index (χ1) is 21.3. The van der Waals surface area contributed by atoms with Crippen molar-refractivity contribution in [3.8, 4) is 23.1 Å². The highest BCUT2D eigenvalue weighted by Crippen LogP contribution is 2.39. The molecule has 3 fully saturated rings. The van der Waals surface area contributed by atoms with E-state index in [1.54, 1.807) is 12.4 Å². The van der Waals surface area contributed by atoms with E-state index in [9.17, 15) is 5.26 Å². The molecular weight excluding hydrogens is 597 g/mol. The molecule has 3 saturated heterocycles. The van der Waals surface area contributed by atoms with Gasteiger partial charge in [-0.3, -0.25) is 9.88 Å². The van der Waals surface area contributed by atoms with Crippen molar-refractivity contribution in [2.75, 3.05) is 37.7 Å². The molecule has 3 aliphatic rings. The molecule has 1 aromatic carbocycles. The average molecular weight is 633 g/mol. The second kappa shape index (κ2) is 11.8. The van der Waals surface area contributed by atoms with Crippen LogP contribution in [0.25, 0.3) is 22.2 Å². The molecule has 0 amide bonds. The number of nitriles is 1. The maximum Gasteiger partial charge on any atom is 0.150 e. The predicted molar refractivity (Wildman–Crippen MR) is 171 cm³/mol. The summed E-state index contributed by atoms with van der Waals surface area (Å²) in [5.41, 5.74) is 3.80. The number of hydrogen-bond acceptors (Lipinski definition) is 8. The minimum Gasteiger partial charge on any atom is -0.486 e. The standard InChI is InChI=1S/C33H35Cl2N7O2/c1-21(30-26(34)17-37-18-27(30)35)44-24-8-9-28-25(14-24)31(39-42(28)29-7-3-6-12-43-29)23-13-22(15-36)32(38-16-23)40-19-33(2,20-40)41-10-4-5-11-41/h8-9,13-14,16-18,21,29H,3-7,10-12,19-20H2,1-2H3/t21-,29?/m1/s1. The van der Waals surface area contributed by atoms with Gasteiger partial charge in [0.1, 0.15) is 29.4 Å². The van der Waals surface area contributed by atoms with Gasteiger partial charge in [0.15, 0.2) is 6.23 Å². The van der Waals surface area contributed by atoms with Crippen molar-refractivity contribution in [3.05, 3.63) is 64.0 Å². The van der Waals surface area contributed by atoms with Crippen molar-refractivity contribution in [3.63, 3.8) is 0 Å². The van der Waals surface area contributed by atoms with Gasteiger partial charge in [0.25, 0.3) is 0 Å². The zero-order valence-electron chi connectivity index (χ0n) is 25.0. The van der Waals surface area contributed by atoms with Crippen LogP contribution in [0.15, 0.2) is 42.9 Å². The molecule has 0 saturated carbocycles. The summed E-state index contributed by atoms with van der Waals surface area (Å²) in [7, 11) is 0. The number of halogens is 2. The highest BCUT2D eigenvalue weighted by molar-refractivity contribution is 6.35. The van der Waals surface area contributed by atoms with Gasteiger partial charge in [-0.2, -0.15) is 10.4 Å². The van der Waals surface area contributed by atoms with Crippen LogP contribution in [0.2, 0.25) is 10.0 Å². The fourth-order valence-corrected chi connectivity index (χ4v) is 7.59. The minimum absolute atomic E-state index is 0.136. The number of ether oxygens (including phenoxy) is 2. The minimum atomic E-state index is -0.412. The molecule has 0 bridgehead atoms. The third-order valence-electron chi connectivity index (χ3n) is 9.21. The molecule has 0 spiro atoms. The topological polar surface area (TPSA) is 92.3 Å². The Labute approximate surface area is 267 Å². The van der Waals surface area contributed by atoms with E-state index >= 15 is 0 Å².